The van der Waals surface area contributed by atoms with Gasteiger partial charge in [0, 0.05) is 15.8 Å². The van der Waals surface area contributed by atoms with Crippen molar-refractivity contribution in [1.82, 2.24) is 15.5 Å². The van der Waals surface area contributed by atoms with Crippen molar-refractivity contribution >= 4 is 32.1 Å². The number of nitrogens with zero attached hydrogens (tertiary/aromatic N) is 2. The average molecular weight is 279 g/mol. The van der Waals surface area contributed by atoms with Gasteiger partial charge in [-0.1, -0.05) is 0 Å². The molecule has 0 aliphatic carbocycles. The van der Waals surface area contributed by atoms with Gasteiger partial charge >= 0.3 is 0 Å². The number of fused-ring (bicyclic) bond motifs is 1. The lowest BCUT2D eigenvalue weighted by molar-refractivity contribution is 0.495. The Hall–Kier alpha value is -1.24. The third-order valence-corrected chi connectivity index (χ3v) is 4.72. The fourth-order valence-electron chi connectivity index (χ4n) is 1.74. The monoisotopic (exact) mass is 279 g/mol. The molecular formula is C12H13N3OS2. The molecule has 3 rings (SSSR count). The Labute approximate surface area is 113 Å². The number of hydrogen-bond donors (Lipinski definition) is 1. The highest BCUT2D eigenvalue weighted by atomic mass is 32.1. The number of rotatable bonds is 5. The van der Waals surface area contributed by atoms with E-state index in [1.54, 1.807) is 22.7 Å². The van der Waals surface area contributed by atoms with Crippen LogP contribution in [0.5, 0.6) is 0 Å². The van der Waals surface area contributed by atoms with E-state index in [9.17, 15) is 0 Å². The molecule has 18 heavy (non-hydrogen) atoms. The number of aryl methyl sites for hydroxylation is 1. The Morgan fingerprint density at radius 2 is 2.28 bits per heavy atom. The first kappa shape index (κ1) is 11.8. The van der Waals surface area contributed by atoms with Crippen LogP contribution in [0.4, 0.5) is 0 Å². The second kappa shape index (κ2) is 5.17. The van der Waals surface area contributed by atoms with Gasteiger partial charge in [-0.05, 0) is 37.5 Å². The minimum Gasteiger partial charge on any atom is -0.420 e. The molecule has 3 aromatic heterocycles. The highest BCUT2D eigenvalue weighted by molar-refractivity contribution is 7.28. The smallest absolute Gasteiger partial charge is 0.257 e. The van der Waals surface area contributed by atoms with Crippen molar-refractivity contribution in [2.75, 3.05) is 13.6 Å². The van der Waals surface area contributed by atoms with Gasteiger partial charge in [0.25, 0.3) is 5.89 Å². The molecule has 1 N–H and O–H groups in total. The first-order chi connectivity index (χ1) is 8.86. The van der Waals surface area contributed by atoms with Crippen LogP contribution in [-0.4, -0.2) is 23.8 Å². The fourth-order valence-corrected chi connectivity index (χ4v) is 3.77. The maximum atomic E-state index is 5.68. The predicted octanol–water partition coefficient (Wildman–Crippen LogP) is 3.16. The summed E-state index contributed by atoms with van der Waals surface area (Å²) in [6.07, 6.45) is 1.84. The summed E-state index contributed by atoms with van der Waals surface area (Å²) in [6, 6.07) is 4.24. The van der Waals surface area contributed by atoms with Crippen molar-refractivity contribution in [3.8, 4) is 10.8 Å². The molecule has 3 aromatic rings. The molecule has 0 spiro atoms. The molecule has 94 valence electrons. The minimum absolute atomic E-state index is 0.642. The molecule has 0 radical (unpaired) electrons. The van der Waals surface area contributed by atoms with Crippen LogP contribution in [0.3, 0.4) is 0 Å². The Kier molecular flexibility index (Phi) is 3.40. The lowest BCUT2D eigenvalue weighted by Crippen LogP contribution is -2.08. The number of aromatic nitrogens is 2. The van der Waals surface area contributed by atoms with E-state index in [0.717, 1.165) is 30.2 Å². The van der Waals surface area contributed by atoms with Crippen LogP contribution in [-0.2, 0) is 6.42 Å². The summed E-state index contributed by atoms with van der Waals surface area (Å²) in [5.74, 6) is 1.36. The topological polar surface area (TPSA) is 51.0 Å². The zero-order valence-corrected chi connectivity index (χ0v) is 11.6. The van der Waals surface area contributed by atoms with Crippen molar-refractivity contribution in [2.24, 2.45) is 0 Å². The normalized spacial score (nSPS) is 11.4. The quantitative estimate of drug-likeness (QED) is 0.729. The molecule has 0 aliphatic rings. The van der Waals surface area contributed by atoms with Gasteiger partial charge in [-0.3, -0.25) is 0 Å². The molecule has 4 nitrogen and oxygen atoms in total. The predicted molar refractivity (Wildman–Crippen MR) is 75.2 cm³/mol. The molecular weight excluding hydrogens is 266 g/mol. The zero-order valence-electron chi connectivity index (χ0n) is 9.97. The molecule has 0 aromatic carbocycles. The first-order valence-electron chi connectivity index (χ1n) is 5.81. The van der Waals surface area contributed by atoms with Gasteiger partial charge < -0.3 is 9.73 Å². The van der Waals surface area contributed by atoms with Crippen LogP contribution in [0.15, 0.2) is 21.9 Å². The zero-order chi connectivity index (χ0) is 12.4. The molecule has 3 heterocycles. The SMILES string of the molecule is CNCCCc1nnc(-c2cc3sccc3s2)o1. The van der Waals surface area contributed by atoms with E-state index in [1.807, 2.05) is 7.05 Å². The van der Waals surface area contributed by atoms with Crippen molar-refractivity contribution in [1.29, 1.82) is 0 Å². The van der Waals surface area contributed by atoms with E-state index in [1.165, 1.54) is 9.40 Å². The molecule has 0 unspecified atom stereocenters. The van der Waals surface area contributed by atoms with Gasteiger partial charge in [0.2, 0.25) is 5.89 Å². The highest BCUT2D eigenvalue weighted by Gasteiger charge is 2.12. The maximum Gasteiger partial charge on any atom is 0.257 e. The van der Waals surface area contributed by atoms with Crippen LogP contribution in [0.1, 0.15) is 12.3 Å². The molecule has 0 saturated carbocycles. The van der Waals surface area contributed by atoms with Gasteiger partial charge in [0.1, 0.15) is 0 Å². The van der Waals surface area contributed by atoms with Gasteiger partial charge in [-0.2, -0.15) is 0 Å². The van der Waals surface area contributed by atoms with E-state index < -0.39 is 0 Å². The standard InChI is InChI=1S/C12H13N3OS2/c1-13-5-2-3-11-14-15-12(16-11)10-7-9-8(18-10)4-6-17-9/h4,6-7,13H,2-3,5H2,1H3. The van der Waals surface area contributed by atoms with Gasteiger partial charge in [-0.25, -0.2) is 0 Å². The van der Waals surface area contributed by atoms with E-state index in [-0.39, 0.29) is 0 Å². The Morgan fingerprint density at radius 3 is 3.11 bits per heavy atom. The number of nitrogens with one attached hydrogen (secondary N) is 1. The van der Waals surface area contributed by atoms with Crippen LogP contribution >= 0.6 is 22.7 Å². The first-order valence-corrected chi connectivity index (χ1v) is 7.51. The molecule has 0 atom stereocenters. The van der Waals surface area contributed by atoms with E-state index >= 15 is 0 Å². The lowest BCUT2D eigenvalue weighted by atomic mass is 10.3. The third-order valence-electron chi connectivity index (χ3n) is 2.63. The molecule has 0 amide bonds. The Balaban J connectivity index is 1.78. The summed E-state index contributed by atoms with van der Waals surface area (Å²) in [5.41, 5.74) is 0. The highest BCUT2D eigenvalue weighted by Crippen LogP contribution is 2.35. The summed E-state index contributed by atoms with van der Waals surface area (Å²) in [6.45, 7) is 0.965. The van der Waals surface area contributed by atoms with E-state index in [4.69, 9.17) is 4.42 Å². The van der Waals surface area contributed by atoms with Crippen molar-refractivity contribution < 1.29 is 4.42 Å². The second-order valence-electron chi connectivity index (χ2n) is 3.97. The summed E-state index contributed by atoms with van der Waals surface area (Å²) >= 11 is 3.44. The second-order valence-corrected chi connectivity index (χ2v) is 6.00. The van der Waals surface area contributed by atoms with Gasteiger partial charge in [-0.15, -0.1) is 32.9 Å². The summed E-state index contributed by atoms with van der Waals surface area (Å²) in [4.78, 5) is 1.06. The summed E-state index contributed by atoms with van der Waals surface area (Å²) in [7, 11) is 1.94. The Morgan fingerprint density at radius 1 is 1.33 bits per heavy atom. The number of thiophene rings is 2. The van der Waals surface area contributed by atoms with Crippen molar-refractivity contribution in [3.05, 3.63) is 23.4 Å². The number of hydrogen-bond acceptors (Lipinski definition) is 6. The molecule has 0 aliphatic heterocycles. The van der Waals surface area contributed by atoms with Crippen molar-refractivity contribution in [3.63, 3.8) is 0 Å². The summed E-state index contributed by atoms with van der Waals surface area (Å²) < 4.78 is 8.24. The average Bonchev–Trinajstić information content (AvgIpc) is 3.02. The lowest BCUT2D eigenvalue weighted by Gasteiger charge is -1.94. The van der Waals surface area contributed by atoms with E-state index in [0.29, 0.717) is 5.89 Å². The maximum absolute atomic E-state index is 5.68. The van der Waals surface area contributed by atoms with Crippen LogP contribution < -0.4 is 5.32 Å². The fraction of sp³-hybridized carbons (Fsp3) is 0.333. The van der Waals surface area contributed by atoms with Crippen LogP contribution in [0.25, 0.3) is 20.2 Å². The summed E-state index contributed by atoms with van der Waals surface area (Å²) in [5, 5.41) is 13.4. The molecule has 0 fully saturated rings. The largest absolute Gasteiger partial charge is 0.420 e. The van der Waals surface area contributed by atoms with Crippen LogP contribution in [0, 0.1) is 0 Å². The van der Waals surface area contributed by atoms with E-state index in [2.05, 4.69) is 33.0 Å². The molecule has 6 heteroatoms. The van der Waals surface area contributed by atoms with Crippen LogP contribution in [0.2, 0.25) is 0 Å². The molecule has 0 bridgehead atoms. The van der Waals surface area contributed by atoms with Gasteiger partial charge in [0.15, 0.2) is 0 Å². The minimum atomic E-state index is 0.642. The van der Waals surface area contributed by atoms with Gasteiger partial charge in [0.05, 0.1) is 4.88 Å². The van der Waals surface area contributed by atoms with Crippen molar-refractivity contribution in [2.45, 2.75) is 12.8 Å². The Bertz CT molecular complexity index is 612. The molecule has 0 saturated heterocycles. The third kappa shape index (κ3) is 2.31.